The van der Waals surface area contributed by atoms with Gasteiger partial charge in [0.1, 0.15) is 40.2 Å². The summed E-state index contributed by atoms with van der Waals surface area (Å²) in [6.45, 7) is 6.97. The van der Waals surface area contributed by atoms with Crippen molar-refractivity contribution in [3.63, 3.8) is 0 Å². The van der Waals surface area contributed by atoms with Gasteiger partial charge in [-0.15, -0.1) is 0 Å². The van der Waals surface area contributed by atoms with Crippen LogP contribution >= 0.6 is 0 Å². The Bertz CT molecular complexity index is 2300. The lowest BCUT2D eigenvalue weighted by atomic mass is 9.89. The zero-order chi connectivity index (χ0) is 37.0. The van der Waals surface area contributed by atoms with E-state index in [2.05, 4.69) is 23.7 Å². The number of ether oxygens (including phenoxy) is 2. The summed E-state index contributed by atoms with van der Waals surface area (Å²) in [5.74, 6) is 10.9. The van der Waals surface area contributed by atoms with Crippen LogP contribution in [0.4, 0.5) is 13.6 Å². The molecule has 0 saturated carbocycles. The molecule has 2 aromatic carbocycles. The molecule has 0 bridgehead atoms. The lowest BCUT2D eigenvalue weighted by molar-refractivity contribution is 0.0292. The number of likely N-dealkylation sites (tertiary alicyclic amines) is 1. The number of nitrogens with zero attached hydrogens (tertiary/aromatic N) is 5. The zero-order valence-corrected chi connectivity index (χ0v) is 29.7. The Morgan fingerprint density at radius 1 is 1.02 bits per heavy atom. The summed E-state index contributed by atoms with van der Waals surface area (Å²) >= 11 is 0. The van der Waals surface area contributed by atoms with Crippen molar-refractivity contribution in [2.75, 3.05) is 20.2 Å². The Morgan fingerprint density at radius 2 is 1.81 bits per heavy atom. The van der Waals surface area contributed by atoms with Crippen molar-refractivity contribution in [3.8, 4) is 29.4 Å². The molecule has 1 fully saturated rings. The first kappa shape index (κ1) is 35.9. The van der Waals surface area contributed by atoms with Crippen LogP contribution in [-0.4, -0.2) is 55.9 Å². The molecule has 0 aliphatic carbocycles. The second-order valence-electron chi connectivity index (χ2n) is 13.7. The van der Waals surface area contributed by atoms with Gasteiger partial charge < -0.3 is 23.5 Å². The van der Waals surface area contributed by atoms with Crippen molar-refractivity contribution >= 4 is 17.1 Å². The van der Waals surface area contributed by atoms with E-state index in [1.807, 2.05) is 61.9 Å². The fourth-order valence-electron chi connectivity index (χ4n) is 6.22. The minimum Gasteiger partial charge on any atom is -0.497 e. The van der Waals surface area contributed by atoms with E-state index in [1.165, 1.54) is 4.57 Å². The molecule has 1 amide bonds. The molecule has 2 atom stereocenters. The largest absolute Gasteiger partial charge is 0.497 e. The van der Waals surface area contributed by atoms with Gasteiger partial charge >= 0.3 is 6.09 Å². The Balaban J connectivity index is 1.33. The second kappa shape index (κ2) is 15.1. The maximum atomic E-state index is 15.0. The summed E-state index contributed by atoms with van der Waals surface area (Å²) < 4.78 is 43.5. The summed E-state index contributed by atoms with van der Waals surface area (Å²) in [4.78, 5) is 37.4. The van der Waals surface area contributed by atoms with E-state index in [0.717, 1.165) is 34.9 Å². The molecule has 4 heterocycles. The number of hydrogen-bond acceptors (Lipinski definition) is 6. The maximum Gasteiger partial charge on any atom is 0.410 e. The monoisotopic (exact) mass is 703 g/mol. The van der Waals surface area contributed by atoms with Gasteiger partial charge in [0.05, 0.1) is 12.5 Å². The molecule has 2 unspecified atom stereocenters. The fraction of sp³-hybridized carbons (Fsp3) is 0.317. The number of methoxy groups -OCH3 is 1. The number of fused-ring (bicyclic) bond motifs is 1. The molecule has 11 heteroatoms. The van der Waals surface area contributed by atoms with E-state index in [-0.39, 0.29) is 29.6 Å². The highest BCUT2D eigenvalue weighted by Crippen LogP contribution is 2.30. The first-order valence-corrected chi connectivity index (χ1v) is 17.0. The SMILES string of the molecule is COc1ccc(Cn2ccc3c(C#CC#CCC(c4cc(F)ccc4F)c4cccn(C)c4=O)nc(C4CCN(C(=O)OC(C)(C)C)C4)nc32)cc1. The second-order valence-corrected chi connectivity index (χ2v) is 13.7. The number of rotatable bonds is 7. The van der Waals surface area contributed by atoms with E-state index < -0.39 is 23.2 Å². The molecule has 6 rings (SSSR count). The smallest absolute Gasteiger partial charge is 0.410 e. The lowest BCUT2D eigenvalue weighted by Gasteiger charge is -2.24. The number of carbonyl (C=O) groups excluding carboxylic acids is 1. The highest BCUT2D eigenvalue weighted by molar-refractivity contribution is 5.82. The Kier molecular flexibility index (Phi) is 10.4. The lowest BCUT2D eigenvalue weighted by Crippen LogP contribution is -2.35. The Hall–Kier alpha value is -5.94. The number of halogens is 2. The van der Waals surface area contributed by atoms with Crippen LogP contribution in [0.1, 0.15) is 73.7 Å². The molecule has 1 aliphatic rings. The van der Waals surface area contributed by atoms with Gasteiger partial charge in [-0.1, -0.05) is 24.1 Å². The van der Waals surface area contributed by atoms with Crippen LogP contribution in [0.3, 0.4) is 0 Å². The summed E-state index contributed by atoms with van der Waals surface area (Å²) in [5, 5.41) is 0.737. The summed E-state index contributed by atoms with van der Waals surface area (Å²) in [6.07, 6.45) is 3.85. The fourth-order valence-corrected chi connectivity index (χ4v) is 6.22. The van der Waals surface area contributed by atoms with E-state index in [1.54, 1.807) is 37.4 Å². The maximum absolute atomic E-state index is 15.0. The van der Waals surface area contributed by atoms with Crippen molar-refractivity contribution in [1.82, 2.24) is 24.0 Å². The van der Waals surface area contributed by atoms with Crippen molar-refractivity contribution in [3.05, 3.63) is 123 Å². The van der Waals surface area contributed by atoms with Gasteiger partial charge in [-0.2, -0.15) is 0 Å². The molecule has 52 heavy (non-hydrogen) atoms. The van der Waals surface area contributed by atoms with E-state index >= 15 is 0 Å². The van der Waals surface area contributed by atoms with Crippen LogP contribution in [0, 0.1) is 35.3 Å². The van der Waals surface area contributed by atoms with E-state index in [9.17, 15) is 18.4 Å². The molecule has 5 aromatic rings. The summed E-state index contributed by atoms with van der Waals surface area (Å²) in [5.41, 5.74) is 1.62. The van der Waals surface area contributed by atoms with Crippen LogP contribution in [0.15, 0.2) is 77.9 Å². The average molecular weight is 704 g/mol. The van der Waals surface area contributed by atoms with Crippen LogP contribution in [0.2, 0.25) is 0 Å². The minimum absolute atomic E-state index is 0.0273. The number of benzene rings is 2. The molecule has 1 aliphatic heterocycles. The molecule has 0 N–H and O–H groups in total. The normalized spacial score (nSPS) is 14.7. The third kappa shape index (κ3) is 8.16. The van der Waals surface area contributed by atoms with Crippen LogP contribution < -0.4 is 10.3 Å². The number of aromatic nitrogens is 4. The van der Waals surface area contributed by atoms with Gasteiger partial charge in [-0.25, -0.2) is 23.5 Å². The molecule has 1 saturated heterocycles. The third-order valence-electron chi connectivity index (χ3n) is 8.85. The number of pyridine rings is 1. The molecule has 9 nitrogen and oxygen atoms in total. The minimum atomic E-state index is -0.815. The van der Waals surface area contributed by atoms with Crippen LogP contribution in [-0.2, 0) is 18.3 Å². The van der Waals surface area contributed by atoms with Crippen molar-refractivity contribution in [1.29, 1.82) is 0 Å². The first-order chi connectivity index (χ1) is 24.9. The highest BCUT2D eigenvalue weighted by Gasteiger charge is 2.32. The van der Waals surface area contributed by atoms with Gasteiger partial charge in [0, 0.05) is 62.9 Å². The molecular weight excluding hydrogens is 664 g/mol. The number of carbonyl (C=O) groups is 1. The van der Waals surface area contributed by atoms with Gasteiger partial charge in [0.25, 0.3) is 5.56 Å². The Morgan fingerprint density at radius 3 is 2.56 bits per heavy atom. The number of hydrogen-bond donors (Lipinski definition) is 0. The number of aryl methyl sites for hydroxylation is 1. The highest BCUT2D eigenvalue weighted by atomic mass is 19.1. The Labute approximate surface area is 301 Å². The van der Waals surface area contributed by atoms with Crippen LogP contribution in [0.5, 0.6) is 5.75 Å². The molecule has 0 radical (unpaired) electrons. The van der Waals surface area contributed by atoms with E-state index in [0.29, 0.717) is 48.8 Å². The zero-order valence-electron chi connectivity index (χ0n) is 29.7. The molecule has 266 valence electrons. The number of amides is 1. The van der Waals surface area contributed by atoms with Crippen molar-refractivity contribution in [2.24, 2.45) is 7.05 Å². The van der Waals surface area contributed by atoms with Gasteiger partial charge in [0.2, 0.25) is 0 Å². The quantitative estimate of drug-likeness (QED) is 0.174. The molecular formula is C41H39F2N5O4. The van der Waals surface area contributed by atoms with Gasteiger partial charge in [-0.05, 0) is 98.5 Å². The van der Waals surface area contributed by atoms with Crippen LogP contribution in [0.25, 0.3) is 11.0 Å². The predicted molar refractivity (Wildman–Crippen MR) is 194 cm³/mol. The van der Waals surface area contributed by atoms with Gasteiger partial charge in [-0.3, -0.25) is 4.79 Å². The summed E-state index contributed by atoms with van der Waals surface area (Å²) in [7, 11) is 3.23. The third-order valence-corrected chi connectivity index (χ3v) is 8.85. The topological polar surface area (TPSA) is 91.5 Å². The average Bonchev–Trinajstić information content (AvgIpc) is 3.77. The molecule has 0 spiro atoms. The van der Waals surface area contributed by atoms with Gasteiger partial charge in [0.15, 0.2) is 0 Å². The van der Waals surface area contributed by atoms with E-state index in [4.69, 9.17) is 19.4 Å². The van der Waals surface area contributed by atoms with Crippen molar-refractivity contribution < 1.29 is 23.0 Å². The standard InChI is InChI=1S/C41H39F2N5O4/c1-41(2,3)52-40(50)48-22-19-28(26-48)37-44-36(33-20-23-47(38(33)45-37)25-27-13-16-30(51-5)17-14-27)12-8-6-7-10-31(32-11-9-21-46(4)39(32)49)34-24-29(42)15-18-35(34)43/h9,11,13-18,20-21,23-24,28,31H,10,19,22,25-26H2,1-5H3. The summed E-state index contributed by atoms with van der Waals surface area (Å²) in [6, 6.07) is 16.2. The molecule has 3 aromatic heterocycles. The first-order valence-electron chi connectivity index (χ1n) is 17.0. The van der Waals surface area contributed by atoms with Crippen molar-refractivity contribution in [2.45, 2.75) is 57.6 Å². The predicted octanol–water partition coefficient (Wildman–Crippen LogP) is 6.77.